The summed E-state index contributed by atoms with van der Waals surface area (Å²) in [4.78, 5) is 27.3. The molecule has 1 fully saturated rings. The number of carbonyl (C=O) groups is 2. The van der Waals surface area contributed by atoms with Crippen LogP contribution in [0.1, 0.15) is 37.8 Å². The van der Waals surface area contributed by atoms with Crippen molar-refractivity contribution >= 4 is 33.4 Å². The molecule has 154 valence electrons. The van der Waals surface area contributed by atoms with Crippen molar-refractivity contribution in [2.24, 2.45) is 5.92 Å². The monoisotopic (exact) mass is 457 g/mol. The summed E-state index contributed by atoms with van der Waals surface area (Å²) in [6, 6.07) is 17.6. The summed E-state index contributed by atoms with van der Waals surface area (Å²) in [5, 5.41) is 6.12. The first-order chi connectivity index (χ1) is 14.0. The third kappa shape index (κ3) is 6.41. The predicted octanol–water partition coefficient (Wildman–Crippen LogP) is 4.37. The molecule has 0 saturated carbocycles. The van der Waals surface area contributed by atoms with Crippen molar-refractivity contribution in [3.05, 3.63) is 64.6 Å². The molecule has 2 aromatic rings. The fourth-order valence-electron chi connectivity index (χ4n) is 3.74. The second-order valence-corrected chi connectivity index (χ2v) is 8.43. The lowest BCUT2D eigenvalue weighted by Crippen LogP contribution is -2.45. The molecule has 2 amide bonds. The lowest BCUT2D eigenvalue weighted by Gasteiger charge is -2.32. The molecular weight excluding hydrogens is 430 g/mol. The Morgan fingerprint density at radius 3 is 2.55 bits per heavy atom. The molecule has 1 aliphatic rings. The van der Waals surface area contributed by atoms with Crippen LogP contribution in [-0.2, 0) is 9.59 Å². The van der Waals surface area contributed by atoms with Crippen molar-refractivity contribution in [3.8, 4) is 0 Å². The number of para-hydroxylation sites is 1. The quantitative estimate of drug-likeness (QED) is 0.648. The van der Waals surface area contributed by atoms with Crippen LogP contribution in [0.15, 0.2) is 59.1 Å². The zero-order valence-corrected chi connectivity index (χ0v) is 18.3. The van der Waals surface area contributed by atoms with Crippen LogP contribution in [0.2, 0.25) is 0 Å². The second-order valence-electron chi connectivity index (χ2n) is 7.51. The Morgan fingerprint density at radius 2 is 1.86 bits per heavy atom. The average molecular weight is 458 g/mol. The minimum Gasteiger partial charge on any atom is -0.348 e. The van der Waals surface area contributed by atoms with Gasteiger partial charge < -0.3 is 10.6 Å². The summed E-state index contributed by atoms with van der Waals surface area (Å²) in [5.41, 5.74) is 1.91. The third-order valence-corrected chi connectivity index (χ3v) is 5.83. The minimum atomic E-state index is -0.0924. The van der Waals surface area contributed by atoms with Crippen LogP contribution in [0.3, 0.4) is 0 Å². The largest absolute Gasteiger partial charge is 0.348 e. The van der Waals surface area contributed by atoms with Gasteiger partial charge >= 0.3 is 0 Å². The number of likely N-dealkylation sites (tertiary alicyclic amines) is 1. The highest BCUT2D eigenvalue weighted by Crippen LogP contribution is 2.21. The molecule has 2 N–H and O–H groups in total. The molecule has 5 nitrogen and oxygen atoms in total. The van der Waals surface area contributed by atoms with Gasteiger partial charge in [0.15, 0.2) is 0 Å². The maximum atomic E-state index is 12.6. The maximum Gasteiger partial charge on any atom is 0.234 e. The van der Waals surface area contributed by atoms with Crippen LogP contribution in [0, 0.1) is 5.92 Å². The Morgan fingerprint density at radius 1 is 1.14 bits per heavy atom. The summed E-state index contributed by atoms with van der Waals surface area (Å²) < 4.78 is 1.02. The fourth-order valence-corrected chi connectivity index (χ4v) is 4.00. The molecule has 29 heavy (non-hydrogen) atoms. The van der Waals surface area contributed by atoms with Crippen molar-refractivity contribution in [2.75, 3.05) is 25.0 Å². The van der Waals surface area contributed by atoms with E-state index in [1.807, 2.05) is 54.6 Å². The van der Waals surface area contributed by atoms with E-state index in [2.05, 4.69) is 38.4 Å². The normalized spacial score (nSPS) is 18.1. The molecule has 0 radical (unpaired) electrons. The van der Waals surface area contributed by atoms with Gasteiger partial charge in [-0.15, -0.1) is 0 Å². The van der Waals surface area contributed by atoms with E-state index >= 15 is 0 Å². The number of amides is 2. The molecule has 1 saturated heterocycles. The smallest absolute Gasteiger partial charge is 0.234 e. The van der Waals surface area contributed by atoms with E-state index in [0.717, 1.165) is 41.5 Å². The number of piperidine rings is 1. The highest BCUT2D eigenvalue weighted by Gasteiger charge is 2.27. The highest BCUT2D eigenvalue weighted by atomic mass is 79.9. The number of benzene rings is 2. The standard InChI is InChI=1S/C23H28BrN3O2/c1-2-21(17-10-12-19(24)13-11-17)26-22(28)16-27-14-6-7-18(15-27)23(29)25-20-8-4-3-5-9-20/h3-5,8-13,18,21H,2,6-7,14-16H2,1H3,(H,25,29)(H,26,28)/t18-,21-/m1/s1. The van der Waals surface area contributed by atoms with Crippen LogP contribution >= 0.6 is 15.9 Å². The lowest BCUT2D eigenvalue weighted by molar-refractivity contribution is -0.126. The minimum absolute atomic E-state index is 0.00225. The van der Waals surface area contributed by atoms with Gasteiger partial charge in [0, 0.05) is 16.7 Å². The highest BCUT2D eigenvalue weighted by molar-refractivity contribution is 9.10. The first-order valence-electron chi connectivity index (χ1n) is 10.2. The first kappa shape index (κ1) is 21.5. The van der Waals surface area contributed by atoms with Gasteiger partial charge in [-0.05, 0) is 55.6 Å². The van der Waals surface area contributed by atoms with Gasteiger partial charge in [-0.2, -0.15) is 0 Å². The van der Waals surface area contributed by atoms with Crippen molar-refractivity contribution in [3.63, 3.8) is 0 Å². The fraction of sp³-hybridized carbons (Fsp3) is 0.391. The summed E-state index contributed by atoms with van der Waals surface area (Å²) in [6.45, 7) is 3.85. The number of rotatable bonds is 7. The van der Waals surface area contributed by atoms with Crippen molar-refractivity contribution in [2.45, 2.75) is 32.2 Å². The van der Waals surface area contributed by atoms with Gasteiger partial charge in [0.25, 0.3) is 0 Å². The van der Waals surface area contributed by atoms with Crippen molar-refractivity contribution in [1.29, 1.82) is 0 Å². The molecule has 0 unspecified atom stereocenters. The summed E-state index contributed by atoms with van der Waals surface area (Å²) in [7, 11) is 0. The van der Waals surface area contributed by atoms with E-state index in [-0.39, 0.29) is 23.8 Å². The zero-order chi connectivity index (χ0) is 20.6. The molecule has 2 atom stereocenters. The summed E-state index contributed by atoms with van der Waals surface area (Å²) >= 11 is 3.44. The van der Waals surface area contributed by atoms with Crippen molar-refractivity contribution < 1.29 is 9.59 Å². The Hall–Kier alpha value is -2.18. The van der Waals surface area contributed by atoms with E-state index in [0.29, 0.717) is 13.1 Å². The number of halogens is 1. The molecule has 1 aliphatic heterocycles. The average Bonchev–Trinajstić information content (AvgIpc) is 2.73. The number of carbonyl (C=O) groups excluding carboxylic acids is 2. The number of nitrogens with one attached hydrogen (secondary N) is 2. The van der Waals surface area contributed by atoms with E-state index < -0.39 is 0 Å². The van der Waals surface area contributed by atoms with Gasteiger partial charge in [0.1, 0.15) is 0 Å². The van der Waals surface area contributed by atoms with Crippen LogP contribution in [0.4, 0.5) is 5.69 Å². The number of hydrogen-bond donors (Lipinski definition) is 2. The number of nitrogens with zero attached hydrogens (tertiary/aromatic N) is 1. The molecule has 0 aromatic heterocycles. The van der Waals surface area contributed by atoms with E-state index in [1.54, 1.807) is 0 Å². The van der Waals surface area contributed by atoms with Crippen LogP contribution in [0.25, 0.3) is 0 Å². The molecule has 1 heterocycles. The van der Waals surface area contributed by atoms with Crippen LogP contribution < -0.4 is 10.6 Å². The van der Waals surface area contributed by atoms with Gasteiger partial charge in [-0.25, -0.2) is 0 Å². The molecule has 0 spiro atoms. The third-order valence-electron chi connectivity index (χ3n) is 5.30. The Balaban J connectivity index is 1.51. The lowest BCUT2D eigenvalue weighted by atomic mass is 9.97. The van der Waals surface area contributed by atoms with Gasteiger partial charge in [-0.1, -0.05) is 53.2 Å². The summed E-state index contributed by atoms with van der Waals surface area (Å²) in [6.07, 6.45) is 2.60. The molecule has 3 rings (SSSR count). The molecule has 6 heteroatoms. The topological polar surface area (TPSA) is 61.4 Å². The molecule has 0 bridgehead atoms. The Kier molecular flexibility index (Phi) is 7.83. The van der Waals surface area contributed by atoms with E-state index in [4.69, 9.17) is 0 Å². The van der Waals surface area contributed by atoms with Crippen LogP contribution in [-0.4, -0.2) is 36.3 Å². The van der Waals surface area contributed by atoms with Crippen molar-refractivity contribution in [1.82, 2.24) is 10.2 Å². The second kappa shape index (κ2) is 10.6. The predicted molar refractivity (Wildman–Crippen MR) is 120 cm³/mol. The van der Waals surface area contributed by atoms with Crippen LogP contribution in [0.5, 0.6) is 0 Å². The van der Waals surface area contributed by atoms with Gasteiger partial charge in [0.05, 0.1) is 18.5 Å². The number of hydrogen-bond acceptors (Lipinski definition) is 3. The Labute approximate surface area is 181 Å². The zero-order valence-electron chi connectivity index (χ0n) is 16.7. The molecule has 2 aromatic carbocycles. The SMILES string of the molecule is CC[C@@H](NC(=O)CN1CCC[C@@H](C(=O)Nc2ccccc2)C1)c1ccc(Br)cc1. The first-order valence-corrected chi connectivity index (χ1v) is 11.0. The molecule has 0 aliphatic carbocycles. The number of anilines is 1. The Bertz CT molecular complexity index is 811. The van der Waals surface area contributed by atoms with E-state index in [1.165, 1.54) is 0 Å². The van der Waals surface area contributed by atoms with Gasteiger partial charge in [0.2, 0.25) is 11.8 Å². The van der Waals surface area contributed by atoms with Gasteiger partial charge in [-0.3, -0.25) is 14.5 Å². The molecular formula is C23H28BrN3O2. The summed E-state index contributed by atoms with van der Waals surface area (Å²) in [5.74, 6) is -0.0586. The maximum absolute atomic E-state index is 12.6. The van der Waals surface area contributed by atoms with E-state index in [9.17, 15) is 9.59 Å².